The van der Waals surface area contributed by atoms with Crippen molar-refractivity contribution in [2.24, 2.45) is 0 Å². The van der Waals surface area contributed by atoms with E-state index in [1.54, 1.807) is 6.08 Å². The molecular weight excluding hydrogens is 663 g/mol. The van der Waals surface area contributed by atoms with Crippen molar-refractivity contribution in [2.75, 3.05) is 6.61 Å². The third-order valence-electron chi connectivity index (χ3n) is 9.53. The molecule has 0 aromatic carbocycles. The van der Waals surface area contributed by atoms with Crippen LogP contribution < -0.4 is 5.32 Å². The van der Waals surface area contributed by atoms with Gasteiger partial charge in [0.2, 0.25) is 5.91 Å². The van der Waals surface area contributed by atoms with Gasteiger partial charge in [-0.25, -0.2) is 0 Å². The van der Waals surface area contributed by atoms with Gasteiger partial charge in [0.05, 0.1) is 18.8 Å². The Bertz CT molecular complexity index is 1030. The molecule has 0 aliphatic rings. The van der Waals surface area contributed by atoms with E-state index in [0.29, 0.717) is 6.42 Å². The molecule has 0 saturated carbocycles. The van der Waals surface area contributed by atoms with Gasteiger partial charge in [-0.1, -0.05) is 195 Å². The lowest BCUT2D eigenvalue weighted by Crippen LogP contribution is -2.45. The summed E-state index contributed by atoms with van der Waals surface area (Å²) in [6, 6.07) is -0.650. The summed E-state index contributed by atoms with van der Waals surface area (Å²) in [5.74, 6) is -0.0852. The molecule has 0 spiro atoms. The zero-order chi connectivity index (χ0) is 39.3. The van der Waals surface area contributed by atoms with E-state index in [4.69, 9.17) is 0 Å². The molecular formula is C50H85NO3. The topological polar surface area (TPSA) is 69.6 Å². The van der Waals surface area contributed by atoms with Crippen molar-refractivity contribution in [2.45, 2.75) is 206 Å². The fourth-order valence-corrected chi connectivity index (χ4v) is 6.12. The van der Waals surface area contributed by atoms with Crippen molar-refractivity contribution in [3.8, 4) is 0 Å². The van der Waals surface area contributed by atoms with Gasteiger partial charge in [-0.15, -0.1) is 0 Å². The number of nitrogens with one attached hydrogen (secondary N) is 1. The fourth-order valence-electron chi connectivity index (χ4n) is 6.12. The Balaban J connectivity index is 3.60. The minimum atomic E-state index is -0.874. The molecule has 4 nitrogen and oxygen atoms in total. The van der Waals surface area contributed by atoms with Crippen LogP contribution >= 0.6 is 0 Å². The molecule has 308 valence electrons. The lowest BCUT2D eigenvalue weighted by Gasteiger charge is -2.19. The van der Waals surface area contributed by atoms with Gasteiger partial charge in [-0.3, -0.25) is 4.79 Å². The average molecular weight is 748 g/mol. The van der Waals surface area contributed by atoms with Crippen LogP contribution in [-0.2, 0) is 4.79 Å². The van der Waals surface area contributed by atoms with E-state index < -0.39 is 12.1 Å². The first-order chi connectivity index (χ1) is 26.7. The molecule has 0 aliphatic carbocycles. The molecule has 0 rings (SSSR count). The van der Waals surface area contributed by atoms with E-state index in [1.165, 1.54) is 103 Å². The highest BCUT2D eigenvalue weighted by Crippen LogP contribution is 2.14. The third-order valence-corrected chi connectivity index (χ3v) is 9.53. The van der Waals surface area contributed by atoms with E-state index in [0.717, 1.165) is 70.6 Å². The molecule has 54 heavy (non-hydrogen) atoms. The maximum Gasteiger partial charge on any atom is 0.220 e. The Morgan fingerprint density at radius 1 is 0.463 bits per heavy atom. The molecule has 0 aliphatic heterocycles. The first kappa shape index (κ1) is 51.3. The van der Waals surface area contributed by atoms with Crippen LogP contribution in [0.5, 0.6) is 0 Å². The minimum Gasteiger partial charge on any atom is -0.394 e. The number of aliphatic hydroxyl groups is 2. The Morgan fingerprint density at radius 3 is 1.30 bits per heavy atom. The summed E-state index contributed by atoms with van der Waals surface area (Å²) in [6.07, 6.45) is 66.6. The lowest BCUT2D eigenvalue weighted by molar-refractivity contribution is -0.123. The number of amides is 1. The summed E-state index contributed by atoms with van der Waals surface area (Å²) in [6.45, 7) is 4.13. The zero-order valence-electron chi connectivity index (χ0n) is 35.2. The SMILES string of the molecule is CC/C=C\C/C=C\C/C=C\C/C=C\C/C=C\CCCCCCCCCCCCCCCC(=O)NC(CO)C(O)/C=C/CC/C=C/CC/C=C/CCCCC. The van der Waals surface area contributed by atoms with Crippen LogP contribution in [0.4, 0.5) is 0 Å². The summed E-state index contributed by atoms with van der Waals surface area (Å²) in [7, 11) is 0. The van der Waals surface area contributed by atoms with Crippen molar-refractivity contribution in [1.82, 2.24) is 5.32 Å². The predicted octanol–water partition coefficient (Wildman–Crippen LogP) is 14.2. The summed E-state index contributed by atoms with van der Waals surface area (Å²) in [5, 5.41) is 22.9. The predicted molar refractivity (Wildman–Crippen MR) is 239 cm³/mol. The zero-order valence-corrected chi connectivity index (χ0v) is 35.2. The van der Waals surface area contributed by atoms with E-state index in [1.807, 2.05) is 6.08 Å². The van der Waals surface area contributed by atoms with Crippen molar-refractivity contribution < 1.29 is 15.0 Å². The second-order valence-electron chi connectivity index (χ2n) is 14.7. The van der Waals surface area contributed by atoms with Gasteiger partial charge < -0.3 is 15.5 Å². The Labute approximate surface area is 334 Å². The van der Waals surface area contributed by atoms with Crippen molar-refractivity contribution in [3.05, 3.63) is 97.2 Å². The summed E-state index contributed by atoms with van der Waals surface area (Å²) in [5.41, 5.74) is 0. The molecule has 2 unspecified atom stereocenters. The van der Waals surface area contributed by atoms with Crippen molar-refractivity contribution in [3.63, 3.8) is 0 Å². The first-order valence-electron chi connectivity index (χ1n) is 22.5. The number of hydrogen-bond donors (Lipinski definition) is 3. The Kier molecular flexibility index (Phi) is 42.5. The molecule has 0 aromatic rings. The van der Waals surface area contributed by atoms with E-state index in [-0.39, 0.29) is 12.5 Å². The Morgan fingerprint density at radius 2 is 0.833 bits per heavy atom. The molecule has 3 N–H and O–H groups in total. The van der Waals surface area contributed by atoms with Crippen molar-refractivity contribution in [1.29, 1.82) is 0 Å². The monoisotopic (exact) mass is 748 g/mol. The molecule has 0 heterocycles. The molecule has 1 amide bonds. The first-order valence-corrected chi connectivity index (χ1v) is 22.5. The van der Waals surface area contributed by atoms with Crippen molar-refractivity contribution >= 4 is 5.91 Å². The van der Waals surface area contributed by atoms with Gasteiger partial charge in [0.15, 0.2) is 0 Å². The smallest absolute Gasteiger partial charge is 0.220 e. The number of aliphatic hydroxyl groups excluding tert-OH is 2. The maximum absolute atomic E-state index is 12.4. The third kappa shape index (κ3) is 40.5. The van der Waals surface area contributed by atoms with Gasteiger partial charge in [-0.2, -0.15) is 0 Å². The summed E-state index contributed by atoms with van der Waals surface area (Å²) < 4.78 is 0. The Hall–Kier alpha value is -2.69. The van der Waals surface area contributed by atoms with E-state index in [9.17, 15) is 15.0 Å². The molecule has 0 aromatic heterocycles. The van der Waals surface area contributed by atoms with Gasteiger partial charge in [-0.05, 0) is 89.9 Å². The summed E-state index contributed by atoms with van der Waals surface area (Å²) in [4.78, 5) is 12.4. The van der Waals surface area contributed by atoms with Crippen LogP contribution in [0, 0.1) is 0 Å². The molecule has 0 radical (unpaired) electrons. The van der Waals surface area contributed by atoms with Crippen LogP contribution in [0.25, 0.3) is 0 Å². The highest BCUT2D eigenvalue weighted by atomic mass is 16.3. The van der Waals surface area contributed by atoms with Crippen LogP contribution in [-0.4, -0.2) is 34.9 Å². The average Bonchev–Trinajstić information content (AvgIpc) is 3.18. The highest BCUT2D eigenvalue weighted by molar-refractivity contribution is 5.76. The quantitative estimate of drug-likeness (QED) is 0.0433. The summed E-state index contributed by atoms with van der Waals surface area (Å²) >= 11 is 0. The highest BCUT2D eigenvalue weighted by Gasteiger charge is 2.17. The number of carbonyl (C=O) groups excluding carboxylic acids is 1. The number of allylic oxidation sites excluding steroid dienone is 15. The van der Waals surface area contributed by atoms with Gasteiger partial charge >= 0.3 is 0 Å². The number of hydrogen-bond acceptors (Lipinski definition) is 3. The second-order valence-corrected chi connectivity index (χ2v) is 14.7. The standard InChI is InChI=1S/C50H85NO3/c1-3-5-7-9-11-13-15-17-18-19-20-21-22-23-24-25-26-27-28-29-30-31-32-34-36-38-40-42-44-46-50(54)51-48(47-52)49(53)45-43-41-39-37-35-33-16-14-12-10-8-6-4-2/h5,7,11-14,17-18,20-21,23-24,35,37,43,45,48-49,52-53H,3-4,6,8-10,15-16,19,22,25-34,36,38-42,44,46-47H2,1-2H3,(H,51,54)/b7-5-,13-11-,14-12+,18-17-,21-20-,24-23-,37-35+,45-43+. The van der Waals surface area contributed by atoms with E-state index in [2.05, 4.69) is 104 Å². The minimum absolute atomic E-state index is 0.0852. The molecule has 0 fully saturated rings. The normalized spacial score (nSPS) is 13.9. The fraction of sp³-hybridized carbons (Fsp3) is 0.660. The molecule has 0 bridgehead atoms. The molecule has 0 saturated heterocycles. The number of unbranched alkanes of at least 4 members (excludes halogenated alkanes) is 18. The van der Waals surface area contributed by atoms with Gasteiger partial charge in [0, 0.05) is 6.42 Å². The van der Waals surface area contributed by atoms with Crippen LogP contribution in [0.3, 0.4) is 0 Å². The van der Waals surface area contributed by atoms with Crippen LogP contribution in [0.15, 0.2) is 97.2 Å². The maximum atomic E-state index is 12.4. The lowest BCUT2D eigenvalue weighted by atomic mass is 10.0. The largest absolute Gasteiger partial charge is 0.394 e. The number of carbonyl (C=O) groups is 1. The second kappa shape index (κ2) is 44.7. The van der Waals surface area contributed by atoms with E-state index >= 15 is 0 Å². The molecule has 2 atom stereocenters. The van der Waals surface area contributed by atoms with Crippen LogP contribution in [0.2, 0.25) is 0 Å². The van der Waals surface area contributed by atoms with Gasteiger partial charge in [0.25, 0.3) is 0 Å². The molecule has 4 heteroatoms. The van der Waals surface area contributed by atoms with Crippen LogP contribution in [0.1, 0.15) is 194 Å². The van der Waals surface area contributed by atoms with Gasteiger partial charge in [0.1, 0.15) is 0 Å². The number of rotatable bonds is 39.